The number of amides is 1. The first-order chi connectivity index (χ1) is 13.5. The van der Waals surface area contributed by atoms with Crippen molar-refractivity contribution in [2.24, 2.45) is 0 Å². The molecule has 6 nitrogen and oxygen atoms in total. The van der Waals surface area contributed by atoms with Gasteiger partial charge in [0.1, 0.15) is 11.5 Å². The summed E-state index contributed by atoms with van der Waals surface area (Å²) in [5.41, 5.74) is 2.26. The second-order valence-corrected chi connectivity index (χ2v) is 6.72. The maximum absolute atomic E-state index is 13.8. The first kappa shape index (κ1) is 19.6. The number of thiophene rings is 1. The van der Waals surface area contributed by atoms with Crippen LogP contribution in [-0.4, -0.2) is 22.4 Å². The number of non-ortho nitro benzene ring substituents is 1. The van der Waals surface area contributed by atoms with Crippen molar-refractivity contribution in [1.29, 1.82) is 0 Å². The van der Waals surface area contributed by atoms with Crippen LogP contribution in [0.2, 0.25) is 0 Å². The lowest BCUT2D eigenvalue weighted by molar-refractivity contribution is -0.384. The average Bonchev–Trinajstić information content (AvgIpc) is 3.12. The lowest BCUT2D eigenvalue weighted by Crippen LogP contribution is -2.32. The zero-order chi connectivity index (χ0) is 20.3. The quantitative estimate of drug-likeness (QED) is 0.444. The van der Waals surface area contributed by atoms with Crippen molar-refractivity contribution < 1.29 is 14.1 Å². The van der Waals surface area contributed by atoms with Gasteiger partial charge >= 0.3 is 0 Å². The van der Waals surface area contributed by atoms with E-state index in [1.165, 1.54) is 46.6 Å². The van der Waals surface area contributed by atoms with Crippen LogP contribution in [0.1, 0.15) is 29.8 Å². The minimum atomic E-state index is -0.523. The van der Waals surface area contributed by atoms with E-state index in [2.05, 4.69) is 4.98 Å². The zero-order valence-electron chi connectivity index (χ0n) is 15.4. The highest BCUT2D eigenvalue weighted by Crippen LogP contribution is 2.39. The molecular weight excluding hydrogens is 381 g/mol. The number of anilines is 1. The van der Waals surface area contributed by atoms with Crippen LogP contribution >= 0.6 is 11.3 Å². The summed E-state index contributed by atoms with van der Waals surface area (Å²) in [6, 6.07) is 8.68. The largest absolute Gasteiger partial charge is 0.306 e. The van der Waals surface area contributed by atoms with Crippen molar-refractivity contribution in [3.05, 3.63) is 75.0 Å². The number of nitro benzene ring substituents is 1. The summed E-state index contributed by atoms with van der Waals surface area (Å²) in [6.07, 6.45) is 1.76. The molecule has 0 radical (unpaired) electrons. The summed E-state index contributed by atoms with van der Waals surface area (Å²) >= 11 is 1.50. The van der Waals surface area contributed by atoms with Crippen LogP contribution in [0.5, 0.6) is 0 Å². The highest BCUT2D eigenvalue weighted by molar-refractivity contribution is 7.13. The lowest BCUT2D eigenvalue weighted by atomic mass is 10.1. The molecule has 1 aliphatic heterocycles. The Bertz CT molecular complexity index is 1020. The Morgan fingerprint density at radius 3 is 2.64 bits per heavy atom. The highest BCUT2D eigenvalue weighted by Gasteiger charge is 2.27. The van der Waals surface area contributed by atoms with E-state index in [9.17, 15) is 19.3 Å². The van der Waals surface area contributed by atoms with Gasteiger partial charge in [0.2, 0.25) is 0 Å². The maximum atomic E-state index is 13.8. The molecular formula is C20H18FN3O3S. The van der Waals surface area contributed by atoms with Crippen LogP contribution in [0.3, 0.4) is 0 Å². The smallest absolute Gasteiger partial charge is 0.269 e. The number of aromatic nitrogens is 1. The molecule has 2 aromatic heterocycles. The number of hydrogen-bond acceptors (Lipinski definition) is 5. The minimum Gasteiger partial charge on any atom is -0.306 e. The summed E-state index contributed by atoms with van der Waals surface area (Å²) < 4.78 is 13.8. The number of carbonyl (C=O) groups excluding carboxylic acids is 1. The molecule has 28 heavy (non-hydrogen) atoms. The van der Waals surface area contributed by atoms with Crippen molar-refractivity contribution in [3.63, 3.8) is 0 Å². The van der Waals surface area contributed by atoms with E-state index in [4.69, 9.17) is 0 Å². The number of rotatable bonds is 2. The molecule has 0 atom stereocenters. The summed E-state index contributed by atoms with van der Waals surface area (Å²) in [5, 5.41) is 12.7. The van der Waals surface area contributed by atoms with Gasteiger partial charge in [0.25, 0.3) is 11.6 Å². The third-order valence-electron chi connectivity index (χ3n) is 4.26. The van der Waals surface area contributed by atoms with Gasteiger partial charge in [-0.1, -0.05) is 13.8 Å². The van der Waals surface area contributed by atoms with Crippen LogP contribution in [0.4, 0.5) is 15.8 Å². The SMILES string of the molecule is CC.O=C(c1ccc([N+](=O)[O-])cc1)N1CCc2ccsc2-c2ncc(F)cc21. The van der Waals surface area contributed by atoms with Crippen molar-refractivity contribution in [2.75, 3.05) is 11.4 Å². The van der Waals surface area contributed by atoms with E-state index >= 15 is 0 Å². The van der Waals surface area contributed by atoms with Gasteiger partial charge in [-0.15, -0.1) is 11.3 Å². The van der Waals surface area contributed by atoms with Gasteiger partial charge in [0, 0.05) is 30.3 Å². The van der Waals surface area contributed by atoms with Gasteiger partial charge < -0.3 is 4.90 Å². The number of benzene rings is 1. The number of hydrogen-bond donors (Lipinski definition) is 0. The molecule has 3 heterocycles. The molecule has 3 aromatic rings. The van der Waals surface area contributed by atoms with Gasteiger partial charge in [0.05, 0.1) is 21.7 Å². The third kappa shape index (κ3) is 3.63. The Hall–Kier alpha value is -3.13. The van der Waals surface area contributed by atoms with E-state index in [1.807, 2.05) is 25.3 Å². The summed E-state index contributed by atoms with van der Waals surface area (Å²) in [4.78, 5) is 29.9. The Balaban J connectivity index is 0.00000109. The fraction of sp³-hybridized carbons (Fsp3) is 0.200. The molecule has 0 aliphatic carbocycles. The van der Waals surface area contributed by atoms with Gasteiger partial charge in [-0.2, -0.15) is 0 Å². The third-order valence-corrected chi connectivity index (χ3v) is 5.23. The topological polar surface area (TPSA) is 76.3 Å². The first-order valence-corrected chi connectivity index (χ1v) is 9.71. The van der Waals surface area contributed by atoms with Crippen LogP contribution < -0.4 is 4.90 Å². The number of carbonyl (C=O) groups is 1. The van der Waals surface area contributed by atoms with E-state index < -0.39 is 10.7 Å². The van der Waals surface area contributed by atoms with Crippen molar-refractivity contribution >= 4 is 28.6 Å². The Morgan fingerprint density at radius 1 is 1.25 bits per heavy atom. The standard InChI is InChI=1S/C18H12FN3O3S.C2H6/c19-13-9-15-16(20-10-13)17-11(6-8-26-17)5-7-21(15)18(23)12-1-3-14(4-2-12)22(24)25;1-2/h1-4,6,8-10H,5,7H2;1-2H3. The van der Waals surface area contributed by atoms with Gasteiger partial charge in [0.15, 0.2) is 0 Å². The van der Waals surface area contributed by atoms with Crippen LogP contribution in [-0.2, 0) is 6.42 Å². The molecule has 1 amide bonds. The Kier molecular flexibility index (Phi) is 5.79. The molecule has 1 aliphatic rings. The first-order valence-electron chi connectivity index (χ1n) is 8.83. The Labute approximate surface area is 165 Å². The lowest BCUT2D eigenvalue weighted by Gasteiger charge is -2.22. The number of fused-ring (bicyclic) bond motifs is 3. The molecule has 0 bridgehead atoms. The second-order valence-electron chi connectivity index (χ2n) is 5.81. The normalized spacial score (nSPS) is 12.2. The number of nitrogens with zero attached hydrogens (tertiary/aromatic N) is 3. The number of pyridine rings is 1. The van der Waals surface area contributed by atoms with Crippen LogP contribution in [0, 0.1) is 15.9 Å². The fourth-order valence-corrected chi connectivity index (χ4v) is 3.95. The molecule has 0 saturated heterocycles. The van der Waals surface area contributed by atoms with E-state index in [1.54, 1.807) is 0 Å². The van der Waals surface area contributed by atoms with E-state index in [0.717, 1.165) is 16.6 Å². The predicted molar refractivity (Wildman–Crippen MR) is 107 cm³/mol. The van der Waals surface area contributed by atoms with Gasteiger partial charge in [-0.3, -0.25) is 19.9 Å². The van der Waals surface area contributed by atoms with E-state index in [-0.39, 0.29) is 11.6 Å². The molecule has 0 N–H and O–H groups in total. The maximum Gasteiger partial charge on any atom is 0.269 e. The monoisotopic (exact) mass is 399 g/mol. The van der Waals surface area contributed by atoms with Crippen molar-refractivity contribution in [1.82, 2.24) is 4.98 Å². The fourth-order valence-electron chi connectivity index (χ4n) is 2.99. The van der Waals surface area contributed by atoms with E-state index in [0.29, 0.717) is 29.9 Å². The number of nitro groups is 1. The molecule has 0 spiro atoms. The molecule has 1 aromatic carbocycles. The minimum absolute atomic E-state index is 0.0901. The summed E-state index contributed by atoms with van der Waals surface area (Å²) in [5.74, 6) is -0.867. The number of halogens is 1. The highest BCUT2D eigenvalue weighted by atomic mass is 32.1. The van der Waals surface area contributed by atoms with Gasteiger partial charge in [-0.05, 0) is 35.6 Å². The van der Waals surface area contributed by atoms with Crippen LogP contribution in [0.15, 0.2) is 48.0 Å². The average molecular weight is 399 g/mol. The molecule has 144 valence electrons. The zero-order valence-corrected chi connectivity index (χ0v) is 16.2. The molecule has 0 saturated carbocycles. The molecule has 8 heteroatoms. The summed E-state index contributed by atoms with van der Waals surface area (Å²) in [6.45, 7) is 4.37. The van der Waals surface area contributed by atoms with Crippen LogP contribution in [0.25, 0.3) is 10.6 Å². The Morgan fingerprint density at radius 2 is 1.96 bits per heavy atom. The second kappa shape index (κ2) is 8.26. The van der Waals surface area contributed by atoms with Crippen molar-refractivity contribution in [3.8, 4) is 10.6 Å². The molecule has 4 rings (SSSR count). The molecule has 0 unspecified atom stereocenters. The summed E-state index contributed by atoms with van der Waals surface area (Å²) in [7, 11) is 0. The molecule has 0 fully saturated rings. The van der Waals surface area contributed by atoms with Gasteiger partial charge in [-0.25, -0.2) is 4.39 Å². The predicted octanol–water partition coefficient (Wildman–Crippen LogP) is 5.09. The van der Waals surface area contributed by atoms with Crippen molar-refractivity contribution in [2.45, 2.75) is 20.3 Å².